The second-order valence-electron chi connectivity index (χ2n) is 3.58. The van der Waals surface area contributed by atoms with Crippen molar-refractivity contribution in [1.29, 1.82) is 0 Å². The van der Waals surface area contributed by atoms with Crippen LogP contribution in [0.25, 0.3) is 0 Å². The normalized spacial score (nSPS) is 9.63. The molecule has 0 heterocycles. The van der Waals surface area contributed by atoms with Gasteiger partial charge in [-0.25, -0.2) is 0 Å². The topological polar surface area (TPSA) is 690 Å². The van der Waals surface area contributed by atoms with Crippen LogP contribution in [0.2, 0.25) is 0 Å². The van der Waals surface area contributed by atoms with E-state index in [2.05, 4.69) is 0 Å². The van der Waals surface area contributed by atoms with Crippen LogP contribution in [0.5, 0.6) is 0 Å². The van der Waals surface area contributed by atoms with Crippen LogP contribution in [-0.4, -0.2) is 52.1 Å². The Morgan fingerprint density at radius 3 is 0.184 bits per heavy atom. The largest absolute Gasteiger partial charge is 3.00 e. The quantitative estimate of drug-likeness (QED) is 0.160. The molecule has 0 aromatic rings. The molecule has 0 saturated carbocycles. The van der Waals surface area contributed by atoms with Crippen LogP contribution in [0.1, 0.15) is 0 Å². The van der Waals surface area contributed by atoms with Crippen LogP contribution >= 0.6 is 62.6 Å². The molecule has 0 fully saturated rings. The van der Waals surface area contributed by atoms with Crippen molar-refractivity contribution in [3.63, 3.8) is 0 Å². The van der Waals surface area contributed by atoms with E-state index in [1.54, 1.807) is 0 Å². The molecule has 0 aliphatic heterocycles. The summed E-state index contributed by atoms with van der Waals surface area (Å²) in [7, 11) is -43.1. The number of phosphoric acid groups is 8. The molecule has 0 amide bonds. The molecule has 32 nitrogen and oxygen atoms in total. The van der Waals surface area contributed by atoms with Crippen LogP contribution in [0.4, 0.5) is 0 Å². The van der Waals surface area contributed by atoms with E-state index in [9.17, 15) is 0 Å². The molecule has 49 heavy (non-hydrogen) atoms. The van der Waals surface area contributed by atoms with Crippen LogP contribution in [0.15, 0.2) is 0 Å². The first-order chi connectivity index (χ1) is 16.0. The van der Waals surface area contributed by atoms with E-state index in [1.165, 1.54) is 0 Å². The van der Waals surface area contributed by atoms with E-state index < -0.39 is 62.6 Å². The van der Waals surface area contributed by atoms with Crippen molar-refractivity contribution in [2.24, 2.45) is 0 Å². The molecule has 0 saturated heterocycles. The van der Waals surface area contributed by atoms with Crippen LogP contribution in [-0.2, 0) is 139 Å². The van der Waals surface area contributed by atoms with E-state index in [-0.39, 0.29) is 154 Å². The van der Waals surface area contributed by atoms with Gasteiger partial charge in [-0.1, -0.05) is 0 Å². The van der Waals surface area contributed by atoms with Crippen molar-refractivity contribution in [3.05, 3.63) is 0 Å². The first-order valence-electron chi connectivity index (χ1n) is 5.84. The second kappa shape index (κ2) is 51.6. The molecule has 0 aromatic heterocycles. The summed E-state index contributed by atoms with van der Waals surface area (Å²) in [6.07, 6.45) is 0. The maximum atomic E-state index is 8.55. The minimum Gasteiger partial charge on any atom is -0.822 e. The minimum absolute atomic E-state index is 0. The Kier molecular flexibility index (Phi) is 117. The molecule has 0 bridgehead atoms. The van der Waals surface area contributed by atoms with Gasteiger partial charge in [0, 0.05) is 0 Å². The summed E-state index contributed by atoms with van der Waals surface area (Å²) >= 11 is 0. The van der Waals surface area contributed by atoms with E-state index in [4.69, 9.17) is 154 Å². The maximum absolute atomic E-state index is 8.55. The fraction of sp³-hybridized carbons (Fsp3) is 0. The average molecular weight is 1170 g/mol. The van der Waals surface area contributed by atoms with Gasteiger partial charge in [-0.2, -0.15) is 62.6 Å². The van der Waals surface area contributed by atoms with Gasteiger partial charge in [0.25, 0.3) is 0 Å². The third-order valence-electron chi connectivity index (χ3n) is 0. The number of hydrogen-bond donors (Lipinski definition) is 0. The molecule has 0 aliphatic rings. The van der Waals surface area contributed by atoms with Crippen molar-refractivity contribution in [1.82, 2.24) is 0 Å². The Balaban J connectivity index is -0.0000000155. The molecule has 0 rings (SSSR count). The van der Waals surface area contributed by atoms with Gasteiger partial charge in [0.2, 0.25) is 0 Å². The third-order valence-corrected chi connectivity index (χ3v) is 0. The Bertz CT molecular complexity index is 686. The molecular weight excluding hydrogens is 1170 g/mol. The summed E-state index contributed by atoms with van der Waals surface area (Å²) in [5.41, 5.74) is 0. The smallest absolute Gasteiger partial charge is 0.822 e. The molecule has 49 heteroatoms. The summed E-state index contributed by atoms with van der Waals surface area (Å²) in [6.45, 7) is 0. The molecule has 0 atom stereocenters. The van der Waals surface area contributed by atoms with Gasteiger partial charge in [-0.3, -0.25) is 0 Å². The fourth-order valence-electron chi connectivity index (χ4n) is 0. The van der Waals surface area contributed by atoms with Crippen molar-refractivity contribution in [3.8, 4) is 0 Å². The summed E-state index contributed by atoms with van der Waals surface area (Å²) in [5, 5.41) is 0. The van der Waals surface area contributed by atoms with Gasteiger partial charge in [0.1, 0.15) is 0 Å². The third kappa shape index (κ3) is 4560. The Morgan fingerprint density at radius 2 is 0.184 bits per heavy atom. The number of hydrogen-bond acceptors (Lipinski definition) is 32. The molecule has 286 valence electrons. The van der Waals surface area contributed by atoms with Crippen molar-refractivity contribution < 1.29 is 256 Å². The fourth-order valence-corrected chi connectivity index (χ4v) is 0. The monoisotopic (exact) mass is 1170 g/mol. The molecular formula is Al3Fe3Mn3O32P8. The van der Waals surface area contributed by atoms with E-state index in [1.807, 2.05) is 0 Å². The molecule has 0 spiro atoms. The predicted octanol–water partition coefficient (Wildman–Crippen LogP) is -23.8. The van der Waals surface area contributed by atoms with Gasteiger partial charge in [-0.15, -0.1) is 0 Å². The molecule has 0 aliphatic carbocycles. The van der Waals surface area contributed by atoms with Gasteiger partial charge in [-0.05, 0) is 0 Å². The number of rotatable bonds is 0. The van der Waals surface area contributed by atoms with E-state index in [0.717, 1.165) is 0 Å². The van der Waals surface area contributed by atoms with Crippen molar-refractivity contribution in [2.45, 2.75) is 0 Å². The maximum Gasteiger partial charge on any atom is 3.00 e. The summed E-state index contributed by atoms with van der Waals surface area (Å²) < 4.78 is 68.4. The van der Waals surface area contributed by atoms with Crippen LogP contribution in [0.3, 0.4) is 0 Å². The van der Waals surface area contributed by atoms with Gasteiger partial charge < -0.3 is 154 Å². The summed E-state index contributed by atoms with van der Waals surface area (Å²) in [4.78, 5) is 205. The SMILES string of the molecule is O=P([O-])([O-])[O-].O=P([O-])([O-])[O-].O=P([O-])([O-])[O-].O=P([O-])([O-])[O-].O=P([O-])([O-])[O-].O=P([O-])([O-])[O-].O=P([O-])([O-])[O-].O=P([O-])([O-])[O-].[Al+3].[Al+3].[Al+3].[Fe+3].[Fe+3].[Fe+3].[Mn+2].[Mn+2].[Mn+2]. The zero-order chi connectivity index (χ0) is 36.0. The zero-order valence-electron chi connectivity index (χ0n) is 20.6. The van der Waals surface area contributed by atoms with E-state index in [0.29, 0.717) is 0 Å². The molecule has 0 unspecified atom stereocenters. The Labute approximate surface area is 367 Å². The van der Waals surface area contributed by atoms with Gasteiger partial charge in [0.15, 0.2) is 0 Å². The van der Waals surface area contributed by atoms with E-state index >= 15 is 0 Å². The van der Waals surface area contributed by atoms with Crippen molar-refractivity contribution in [2.75, 3.05) is 0 Å². The first-order valence-corrected chi connectivity index (χ1v) is 17.5. The average Bonchev–Trinajstić information content (AvgIpc) is 2.16. The molecule has 0 aromatic carbocycles. The van der Waals surface area contributed by atoms with Crippen LogP contribution < -0.4 is 117 Å². The zero-order valence-corrected chi connectivity index (χ0v) is 38.0. The van der Waals surface area contributed by atoms with Gasteiger partial charge in [0.05, 0.1) is 0 Å². The standard InChI is InChI=1S/3Al.3Fe.3Mn.8H3O4P/c;;;;;;;;;8*1-5(2,3)4/h;;;;;;;;;8*(H3,1,2,3,4)/q6*+3;3*+2;;;;;;;;/p-24. The van der Waals surface area contributed by atoms with Crippen LogP contribution in [0, 0.1) is 0 Å². The predicted molar refractivity (Wildman–Crippen MR) is 78.1 cm³/mol. The minimum atomic E-state index is -5.39. The van der Waals surface area contributed by atoms with Crippen molar-refractivity contribution >= 4 is 115 Å². The first kappa shape index (κ1) is 111. The van der Waals surface area contributed by atoms with Gasteiger partial charge >= 0.3 is 154 Å². The second-order valence-corrected chi connectivity index (χ2v) is 10.7. The summed E-state index contributed by atoms with van der Waals surface area (Å²) in [6, 6.07) is 0. The Hall–Kier alpha value is 5.59. The molecule has 0 N–H and O–H groups in total. The molecule has 6 radical (unpaired) electrons. The summed E-state index contributed by atoms with van der Waals surface area (Å²) in [5.74, 6) is 0. The Morgan fingerprint density at radius 1 is 0.184 bits per heavy atom.